The van der Waals surface area contributed by atoms with Gasteiger partial charge in [-0.05, 0) is 25.0 Å². The molecule has 0 fully saturated rings. The number of rotatable bonds is 8. The maximum absolute atomic E-state index is 13.0. The van der Waals surface area contributed by atoms with E-state index in [-0.39, 0.29) is 31.0 Å². The van der Waals surface area contributed by atoms with E-state index in [1.54, 1.807) is 0 Å². The molecule has 0 spiro atoms. The lowest BCUT2D eigenvalue weighted by molar-refractivity contribution is -0.137. The maximum atomic E-state index is 13.0. The third-order valence-electron chi connectivity index (χ3n) is 2.98. The maximum Gasteiger partial charge on any atom is 0.303 e. The van der Waals surface area contributed by atoms with E-state index in [1.807, 2.05) is 0 Å². The summed E-state index contributed by atoms with van der Waals surface area (Å²) in [5.41, 5.74) is -0.0326. The number of halogens is 2. The number of amides is 2. The molecule has 126 valence electrons. The van der Waals surface area contributed by atoms with E-state index in [2.05, 4.69) is 5.32 Å². The summed E-state index contributed by atoms with van der Waals surface area (Å²) in [6.45, 7) is -0.268. The molecule has 23 heavy (non-hydrogen) atoms. The molecule has 2 amide bonds. The van der Waals surface area contributed by atoms with Crippen molar-refractivity contribution in [2.75, 3.05) is 18.9 Å². The second kappa shape index (κ2) is 8.82. The van der Waals surface area contributed by atoms with Gasteiger partial charge in [-0.1, -0.05) is 0 Å². The molecular formula is C15H18F2N2O4. The van der Waals surface area contributed by atoms with Gasteiger partial charge in [0.1, 0.15) is 11.6 Å². The standard InChI is InChI=1S/C15H18F2N2O4/c1-19(14(21)4-2-3-5-15(22)23)9-13(20)18-12-7-10(16)6-11(17)8-12/h6-8H,2-5,9H2,1H3,(H,18,20)(H,22,23). The number of carbonyl (C=O) groups is 3. The number of nitrogens with one attached hydrogen (secondary N) is 1. The number of anilines is 1. The number of aliphatic carboxylic acids is 1. The Hall–Kier alpha value is -2.51. The predicted molar refractivity (Wildman–Crippen MR) is 78.7 cm³/mol. The molecule has 0 aliphatic carbocycles. The third-order valence-corrected chi connectivity index (χ3v) is 2.98. The van der Waals surface area contributed by atoms with E-state index < -0.39 is 23.5 Å². The predicted octanol–water partition coefficient (Wildman–Crippen LogP) is 2.01. The van der Waals surface area contributed by atoms with Crippen LogP contribution < -0.4 is 5.32 Å². The van der Waals surface area contributed by atoms with Crippen molar-refractivity contribution >= 4 is 23.5 Å². The first-order valence-corrected chi connectivity index (χ1v) is 6.99. The van der Waals surface area contributed by atoms with Crippen molar-refractivity contribution < 1.29 is 28.3 Å². The lowest BCUT2D eigenvalue weighted by Crippen LogP contribution is -2.34. The topological polar surface area (TPSA) is 86.7 Å². The van der Waals surface area contributed by atoms with Crippen LogP contribution in [0.5, 0.6) is 0 Å². The number of carboxylic acids is 1. The van der Waals surface area contributed by atoms with Crippen LogP contribution in [-0.2, 0) is 14.4 Å². The average Bonchev–Trinajstić information content (AvgIpc) is 2.41. The van der Waals surface area contributed by atoms with Gasteiger partial charge in [-0.25, -0.2) is 8.78 Å². The van der Waals surface area contributed by atoms with Crippen LogP contribution in [0, 0.1) is 11.6 Å². The zero-order chi connectivity index (χ0) is 17.4. The number of unbranched alkanes of at least 4 members (excludes halogenated alkanes) is 1. The highest BCUT2D eigenvalue weighted by Gasteiger charge is 2.13. The fourth-order valence-electron chi connectivity index (χ4n) is 1.87. The monoisotopic (exact) mass is 328 g/mol. The van der Waals surface area contributed by atoms with Gasteiger partial charge in [0.05, 0.1) is 6.54 Å². The van der Waals surface area contributed by atoms with Crippen molar-refractivity contribution in [3.05, 3.63) is 29.8 Å². The van der Waals surface area contributed by atoms with Gasteiger partial charge in [0.25, 0.3) is 0 Å². The van der Waals surface area contributed by atoms with Gasteiger partial charge >= 0.3 is 5.97 Å². The van der Waals surface area contributed by atoms with Gasteiger partial charge in [-0.2, -0.15) is 0 Å². The van der Waals surface area contributed by atoms with Gasteiger partial charge < -0.3 is 15.3 Å². The fraction of sp³-hybridized carbons (Fsp3) is 0.400. The smallest absolute Gasteiger partial charge is 0.303 e. The summed E-state index contributed by atoms with van der Waals surface area (Å²) >= 11 is 0. The molecule has 6 nitrogen and oxygen atoms in total. The Balaban J connectivity index is 2.40. The molecule has 0 bridgehead atoms. The molecule has 0 aromatic heterocycles. The summed E-state index contributed by atoms with van der Waals surface area (Å²) in [5, 5.41) is 10.8. The largest absolute Gasteiger partial charge is 0.481 e. The molecule has 2 N–H and O–H groups in total. The Kier molecular flexibility index (Phi) is 7.11. The molecule has 0 radical (unpaired) electrons. The van der Waals surface area contributed by atoms with Crippen LogP contribution in [0.2, 0.25) is 0 Å². The molecule has 1 aromatic rings. The van der Waals surface area contributed by atoms with Crippen LogP contribution in [0.4, 0.5) is 14.5 Å². The van der Waals surface area contributed by atoms with Crippen molar-refractivity contribution in [2.45, 2.75) is 25.7 Å². The van der Waals surface area contributed by atoms with E-state index in [1.165, 1.54) is 11.9 Å². The summed E-state index contributed by atoms with van der Waals surface area (Å²) < 4.78 is 26.0. The van der Waals surface area contributed by atoms with E-state index in [0.29, 0.717) is 18.9 Å². The summed E-state index contributed by atoms with van der Waals surface area (Å²) in [6, 6.07) is 2.62. The Morgan fingerprint density at radius 1 is 1.09 bits per heavy atom. The summed E-state index contributed by atoms with van der Waals surface area (Å²) in [6.07, 6.45) is 0.907. The molecule has 0 heterocycles. The molecule has 0 aliphatic heterocycles. The zero-order valence-corrected chi connectivity index (χ0v) is 12.6. The molecule has 0 saturated heterocycles. The summed E-state index contributed by atoms with van der Waals surface area (Å²) in [5.74, 6) is -3.45. The first kappa shape index (κ1) is 18.5. The van der Waals surface area contributed by atoms with Crippen LogP contribution in [0.25, 0.3) is 0 Å². The van der Waals surface area contributed by atoms with Gasteiger partial charge in [0, 0.05) is 31.6 Å². The molecule has 0 atom stereocenters. The van der Waals surface area contributed by atoms with Gasteiger partial charge in [-0.15, -0.1) is 0 Å². The molecule has 8 heteroatoms. The molecule has 1 aromatic carbocycles. The number of hydrogen-bond acceptors (Lipinski definition) is 3. The van der Waals surface area contributed by atoms with E-state index >= 15 is 0 Å². The molecule has 1 rings (SSSR count). The molecule has 0 saturated carbocycles. The highest BCUT2D eigenvalue weighted by atomic mass is 19.1. The quantitative estimate of drug-likeness (QED) is 0.715. The minimum Gasteiger partial charge on any atom is -0.481 e. The zero-order valence-electron chi connectivity index (χ0n) is 12.6. The first-order chi connectivity index (χ1) is 10.8. The second-order valence-corrected chi connectivity index (χ2v) is 5.06. The molecule has 0 aliphatic rings. The van der Waals surface area contributed by atoms with Crippen LogP contribution >= 0.6 is 0 Å². The SMILES string of the molecule is CN(CC(=O)Nc1cc(F)cc(F)c1)C(=O)CCCCC(=O)O. The van der Waals surface area contributed by atoms with Crippen molar-refractivity contribution in [3.8, 4) is 0 Å². The van der Waals surface area contributed by atoms with Crippen LogP contribution in [0.1, 0.15) is 25.7 Å². The van der Waals surface area contributed by atoms with Crippen molar-refractivity contribution in [2.24, 2.45) is 0 Å². The highest BCUT2D eigenvalue weighted by molar-refractivity contribution is 5.94. The highest BCUT2D eigenvalue weighted by Crippen LogP contribution is 2.12. The average molecular weight is 328 g/mol. The number of likely N-dealkylation sites (N-methyl/N-ethyl adjacent to an activating group) is 1. The van der Waals surface area contributed by atoms with Crippen molar-refractivity contribution in [1.82, 2.24) is 4.90 Å². The van der Waals surface area contributed by atoms with E-state index in [9.17, 15) is 23.2 Å². The van der Waals surface area contributed by atoms with Crippen LogP contribution in [0.3, 0.4) is 0 Å². The summed E-state index contributed by atoms with van der Waals surface area (Å²) in [4.78, 5) is 35.0. The van der Waals surface area contributed by atoms with E-state index in [4.69, 9.17) is 5.11 Å². The number of carboxylic acid groups (broad SMARTS) is 1. The number of nitrogens with zero attached hydrogens (tertiary/aromatic N) is 1. The van der Waals surface area contributed by atoms with Crippen LogP contribution in [0.15, 0.2) is 18.2 Å². The minimum atomic E-state index is -0.924. The number of benzene rings is 1. The third kappa shape index (κ3) is 7.35. The Labute approximate surface area is 132 Å². The van der Waals surface area contributed by atoms with Gasteiger partial charge in [-0.3, -0.25) is 14.4 Å². The normalized spacial score (nSPS) is 10.2. The Bertz CT molecular complexity index is 573. The fourth-order valence-corrected chi connectivity index (χ4v) is 1.87. The first-order valence-electron chi connectivity index (χ1n) is 6.99. The Morgan fingerprint density at radius 3 is 2.22 bits per heavy atom. The van der Waals surface area contributed by atoms with Gasteiger partial charge in [0.2, 0.25) is 11.8 Å². The molecule has 0 unspecified atom stereocenters. The van der Waals surface area contributed by atoms with Crippen LogP contribution in [-0.4, -0.2) is 41.4 Å². The van der Waals surface area contributed by atoms with E-state index in [0.717, 1.165) is 12.1 Å². The van der Waals surface area contributed by atoms with Crippen molar-refractivity contribution in [1.29, 1.82) is 0 Å². The lowest BCUT2D eigenvalue weighted by Gasteiger charge is -2.16. The number of hydrogen-bond donors (Lipinski definition) is 2. The number of carbonyl (C=O) groups excluding carboxylic acids is 2. The minimum absolute atomic E-state index is 0.0113. The Morgan fingerprint density at radius 2 is 1.65 bits per heavy atom. The molecular weight excluding hydrogens is 310 g/mol. The lowest BCUT2D eigenvalue weighted by atomic mass is 10.2. The summed E-state index contributed by atoms with van der Waals surface area (Å²) in [7, 11) is 1.42. The second-order valence-electron chi connectivity index (χ2n) is 5.06. The van der Waals surface area contributed by atoms with Crippen molar-refractivity contribution in [3.63, 3.8) is 0 Å². The van der Waals surface area contributed by atoms with Gasteiger partial charge in [0.15, 0.2) is 0 Å².